The number of ketones is 1. The van der Waals surface area contributed by atoms with Gasteiger partial charge < -0.3 is 4.74 Å². The molecule has 1 aromatic carbocycles. The number of carbonyl (C=O) groups excluding carboxylic acids is 1. The van der Waals surface area contributed by atoms with Crippen LogP contribution in [0.3, 0.4) is 0 Å². The second kappa shape index (κ2) is 5.69. The van der Waals surface area contributed by atoms with Crippen LogP contribution in [-0.2, 0) is 0 Å². The van der Waals surface area contributed by atoms with E-state index in [1.807, 2.05) is 24.3 Å². The Hall–Kier alpha value is -1.80. The van der Waals surface area contributed by atoms with Crippen LogP contribution in [0.25, 0.3) is 0 Å². The number of ether oxygens (including phenoxy) is 1. The molecule has 0 saturated heterocycles. The summed E-state index contributed by atoms with van der Waals surface area (Å²) in [6.45, 7) is 0. The topological polar surface area (TPSA) is 26.3 Å². The normalized spacial score (nSPS) is 10.1. The Morgan fingerprint density at radius 1 is 1.17 bits per heavy atom. The van der Waals surface area contributed by atoms with E-state index in [1.165, 1.54) is 10.4 Å². The van der Waals surface area contributed by atoms with Crippen LogP contribution < -0.4 is 4.74 Å². The molecule has 18 heavy (non-hydrogen) atoms. The number of alkyl halides is 1. The lowest BCUT2D eigenvalue weighted by atomic mass is 10.1. The van der Waals surface area contributed by atoms with E-state index in [9.17, 15) is 4.79 Å². The lowest BCUT2D eigenvalue weighted by molar-refractivity contribution is 0.102. The van der Waals surface area contributed by atoms with E-state index >= 15 is 0 Å². The van der Waals surface area contributed by atoms with Gasteiger partial charge in [-0.2, -0.15) is 0 Å². The summed E-state index contributed by atoms with van der Waals surface area (Å²) in [6, 6.07) is 15.2. The van der Waals surface area contributed by atoms with Crippen LogP contribution in [0.5, 0.6) is 5.75 Å². The van der Waals surface area contributed by atoms with E-state index < -0.39 is 0 Å². The Bertz CT molecular complexity index is 635. The van der Waals surface area contributed by atoms with Crippen molar-refractivity contribution in [3.8, 4) is 5.75 Å². The fourth-order valence-corrected chi connectivity index (χ4v) is 1.78. The van der Waals surface area contributed by atoms with Crippen LogP contribution in [0.1, 0.15) is 10.4 Å². The minimum atomic E-state index is -0.0257. The smallest absolute Gasteiger partial charge is 0.177 e. The molecule has 0 aliphatic heterocycles. The molecule has 0 unspecified atom stereocenters. The monoisotopic (exact) mass is 260 g/mol. The summed E-state index contributed by atoms with van der Waals surface area (Å²) in [5, 5.41) is 2.62. The van der Waals surface area contributed by atoms with Gasteiger partial charge in [0.1, 0.15) is 5.75 Å². The molecular formula is C15H13ClO2. The zero-order valence-corrected chi connectivity index (χ0v) is 10.8. The van der Waals surface area contributed by atoms with Crippen LogP contribution in [0.15, 0.2) is 48.5 Å². The minimum absolute atomic E-state index is 0.0257. The summed E-state index contributed by atoms with van der Waals surface area (Å²) >= 11 is 5.34. The zero-order chi connectivity index (χ0) is 13.0. The number of hydrogen-bond donors (Lipinski definition) is 0. The molecule has 0 N–H and O–H groups in total. The van der Waals surface area contributed by atoms with Gasteiger partial charge in [0.2, 0.25) is 0 Å². The van der Waals surface area contributed by atoms with Crippen molar-refractivity contribution in [2.75, 3.05) is 13.0 Å². The molecule has 2 aliphatic carbocycles. The van der Waals surface area contributed by atoms with Crippen molar-refractivity contribution < 1.29 is 9.53 Å². The van der Waals surface area contributed by atoms with Crippen molar-refractivity contribution in [1.82, 2.24) is 0 Å². The average Bonchev–Trinajstić information content (AvgIpc) is 2.42. The Morgan fingerprint density at radius 2 is 1.89 bits per heavy atom. The van der Waals surface area contributed by atoms with Gasteiger partial charge in [-0.05, 0) is 11.3 Å². The van der Waals surface area contributed by atoms with E-state index in [2.05, 4.69) is 12.1 Å². The molecule has 0 radical (unpaired) electrons. The van der Waals surface area contributed by atoms with Gasteiger partial charge in [-0.3, -0.25) is 4.79 Å². The third kappa shape index (κ3) is 2.54. The number of halogens is 1. The van der Waals surface area contributed by atoms with Gasteiger partial charge in [0.15, 0.2) is 5.78 Å². The average molecular weight is 261 g/mol. The van der Waals surface area contributed by atoms with Crippen molar-refractivity contribution in [1.29, 1.82) is 0 Å². The molecule has 2 nitrogen and oxygen atoms in total. The van der Waals surface area contributed by atoms with E-state index in [0.29, 0.717) is 5.56 Å². The van der Waals surface area contributed by atoms with E-state index in [-0.39, 0.29) is 11.7 Å². The Balaban J connectivity index is 0.000000136. The van der Waals surface area contributed by atoms with Crippen molar-refractivity contribution in [2.24, 2.45) is 0 Å². The number of hydrogen-bond acceptors (Lipinski definition) is 2. The lowest BCUT2D eigenvalue weighted by Crippen LogP contribution is -1.98. The van der Waals surface area contributed by atoms with Crippen LogP contribution in [0.2, 0.25) is 0 Å². The molecule has 0 heterocycles. The number of benzene rings is 2. The second-order valence-electron chi connectivity index (χ2n) is 3.84. The first kappa shape index (κ1) is 12.7. The van der Waals surface area contributed by atoms with Gasteiger partial charge in [0.05, 0.1) is 13.0 Å². The SMILES string of the molecule is COc1cc2ccc1=2.O=C(CCl)c1ccccc1. The van der Waals surface area contributed by atoms with Crippen molar-refractivity contribution in [2.45, 2.75) is 0 Å². The van der Waals surface area contributed by atoms with Gasteiger partial charge in [-0.15, -0.1) is 11.6 Å². The first-order chi connectivity index (χ1) is 8.76. The Morgan fingerprint density at radius 3 is 2.22 bits per heavy atom. The summed E-state index contributed by atoms with van der Waals surface area (Å²) in [4.78, 5) is 10.9. The van der Waals surface area contributed by atoms with Gasteiger partial charge in [-0.1, -0.05) is 42.5 Å². The van der Waals surface area contributed by atoms with Gasteiger partial charge in [0.25, 0.3) is 0 Å². The van der Waals surface area contributed by atoms with E-state index in [4.69, 9.17) is 16.3 Å². The predicted octanol–water partition coefficient (Wildman–Crippen LogP) is 3.40. The summed E-state index contributed by atoms with van der Waals surface area (Å²) in [7, 11) is 1.70. The van der Waals surface area contributed by atoms with Gasteiger partial charge in [-0.25, -0.2) is 0 Å². The number of carbonyl (C=O) groups is 1. The highest BCUT2D eigenvalue weighted by molar-refractivity contribution is 6.30. The van der Waals surface area contributed by atoms with Gasteiger partial charge in [0, 0.05) is 10.8 Å². The maximum Gasteiger partial charge on any atom is 0.177 e. The maximum atomic E-state index is 10.9. The second-order valence-corrected chi connectivity index (χ2v) is 4.11. The number of methoxy groups -OCH3 is 1. The number of rotatable bonds is 3. The van der Waals surface area contributed by atoms with E-state index in [0.717, 1.165) is 5.75 Å². The highest BCUT2D eigenvalue weighted by Crippen LogP contribution is 2.22. The molecule has 0 saturated carbocycles. The molecule has 0 aromatic heterocycles. The molecule has 1 aromatic rings. The molecular weight excluding hydrogens is 248 g/mol. The van der Waals surface area contributed by atoms with Crippen LogP contribution in [0, 0.1) is 10.4 Å². The highest BCUT2D eigenvalue weighted by Gasteiger charge is 2.03. The van der Waals surface area contributed by atoms with Crippen LogP contribution in [0.4, 0.5) is 0 Å². The summed E-state index contributed by atoms with van der Waals surface area (Å²) in [6.07, 6.45) is 0. The van der Waals surface area contributed by atoms with Crippen LogP contribution in [-0.4, -0.2) is 18.8 Å². The van der Waals surface area contributed by atoms with Gasteiger partial charge >= 0.3 is 0 Å². The zero-order valence-electron chi connectivity index (χ0n) is 10.0. The molecule has 2 aliphatic rings. The molecule has 0 fully saturated rings. The molecule has 0 spiro atoms. The van der Waals surface area contributed by atoms with Crippen molar-refractivity contribution in [3.05, 3.63) is 64.5 Å². The lowest BCUT2D eigenvalue weighted by Gasteiger charge is -2.08. The molecule has 3 rings (SSSR count). The summed E-state index contributed by atoms with van der Waals surface area (Å²) in [5.74, 6) is 1.06. The summed E-state index contributed by atoms with van der Waals surface area (Å²) < 4.78 is 4.97. The maximum absolute atomic E-state index is 10.9. The third-order valence-corrected chi connectivity index (χ3v) is 2.97. The Labute approximate surface area is 110 Å². The quantitative estimate of drug-likeness (QED) is 0.533. The molecule has 92 valence electrons. The third-order valence-electron chi connectivity index (χ3n) is 2.73. The van der Waals surface area contributed by atoms with Crippen LogP contribution >= 0.6 is 11.6 Å². The minimum Gasteiger partial charge on any atom is -0.496 e. The fraction of sp³-hybridized carbons (Fsp3) is 0.133. The standard InChI is InChI=1S/C8H7ClO.C7H6O/c9-6-8(10)7-4-2-1-3-5-7;1-8-7-4-5-2-3-6(5)7/h1-5H,6H2;2-4H,1H3. The fourth-order valence-electron chi connectivity index (χ4n) is 1.62. The highest BCUT2D eigenvalue weighted by atomic mass is 35.5. The Kier molecular flexibility index (Phi) is 4.00. The van der Waals surface area contributed by atoms with E-state index in [1.54, 1.807) is 19.2 Å². The molecule has 0 atom stereocenters. The largest absolute Gasteiger partial charge is 0.496 e. The number of Topliss-reactive ketones (excluding diaryl/α,β-unsaturated/α-hetero) is 1. The first-order valence-electron chi connectivity index (χ1n) is 5.59. The molecule has 0 bridgehead atoms. The van der Waals surface area contributed by atoms with Crippen molar-refractivity contribution in [3.63, 3.8) is 0 Å². The predicted molar refractivity (Wildman–Crippen MR) is 72.2 cm³/mol. The first-order valence-corrected chi connectivity index (χ1v) is 6.12. The molecule has 0 amide bonds. The molecule has 3 heteroatoms. The summed E-state index contributed by atoms with van der Waals surface area (Å²) in [5.41, 5.74) is 0.678. The van der Waals surface area contributed by atoms with Crippen molar-refractivity contribution >= 4 is 17.4 Å².